The van der Waals surface area contributed by atoms with Gasteiger partial charge in [-0.25, -0.2) is 0 Å². The second-order valence-electron chi connectivity index (χ2n) is 6.67. The van der Waals surface area contributed by atoms with Gasteiger partial charge in [0.15, 0.2) is 0 Å². The number of nitrogens with one attached hydrogen (secondary N) is 1. The number of nitrogens with zero attached hydrogens (tertiary/aromatic N) is 1. The smallest absolute Gasteiger partial charge is 0.0105 e. The van der Waals surface area contributed by atoms with Crippen molar-refractivity contribution < 1.29 is 0 Å². The fraction of sp³-hybridized carbons (Fsp3) is 0.667. The molecule has 3 unspecified atom stereocenters. The van der Waals surface area contributed by atoms with Crippen LogP contribution in [0.5, 0.6) is 0 Å². The van der Waals surface area contributed by atoms with Gasteiger partial charge in [0.2, 0.25) is 0 Å². The zero-order chi connectivity index (χ0) is 14.5. The lowest BCUT2D eigenvalue weighted by atomic mass is 9.98. The van der Waals surface area contributed by atoms with Crippen LogP contribution in [0.25, 0.3) is 0 Å². The van der Waals surface area contributed by atoms with E-state index in [1.807, 2.05) is 0 Å². The van der Waals surface area contributed by atoms with E-state index in [1.54, 1.807) is 0 Å². The van der Waals surface area contributed by atoms with Crippen LogP contribution in [0.15, 0.2) is 30.3 Å². The predicted molar refractivity (Wildman–Crippen MR) is 87.1 cm³/mol. The molecule has 2 rings (SSSR count). The molecule has 0 aliphatic carbocycles. The van der Waals surface area contributed by atoms with Crippen molar-refractivity contribution >= 4 is 0 Å². The van der Waals surface area contributed by atoms with Crippen LogP contribution >= 0.6 is 0 Å². The van der Waals surface area contributed by atoms with Gasteiger partial charge in [0.25, 0.3) is 0 Å². The van der Waals surface area contributed by atoms with Crippen molar-refractivity contribution in [3.63, 3.8) is 0 Å². The van der Waals surface area contributed by atoms with Gasteiger partial charge in [0.1, 0.15) is 0 Å². The van der Waals surface area contributed by atoms with Gasteiger partial charge in [-0.05, 0) is 43.8 Å². The molecule has 0 aromatic heterocycles. The predicted octanol–water partition coefficient (Wildman–Crippen LogP) is 3.50. The van der Waals surface area contributed by atoms with E-state index in [0.717, 1.165) is 12.5 Å². The van der Waals surface area contributed by atoms with Crippen LogP contribution < -0.4 is 5.32 Å². The summed E-state index contributed by atoms with van der Waals surface area (Å²) in [5.41, 5.74) is 1.51. The highest BCUT2D eigenvalue weighted by molar-refractivity contribution is 5.21. The van der Waals surface area contributed by atoms with E-state index in [1.165, 1.54) is 25.1 Å². The summed E-state index contributed by atoms with van der Waals surface area (Å²) in [6.45, 7) is 12.8. The molecule has 1 aromatic carbocycles. The summed E-state index contributed by atoms with van der Waals surface area (Å²) < 4.78 is 0. The van der Waals surface area contributed by atoms with Gasteiger partial charge in [0.05, 0.1) is 0 Å². The summed E-state index contributed by atoms with van der Waals surface area (Å²) in [7, 11) is 0. The first-order chi connectivity index (χ1) is 9.58. The molecule has 1 heterocycles. The zero-order valence-electron chi connectivity index (χ0n) is 13.5. The largest absolute Gasteiger partial charge is 0.314 e. The van der Waals surface area contributed by atoms with Crippen molar-refractivity contribution in [2.24, 2.45) is 5.92 Å². The summed E-state index contributed by atoms with van der Waals surface area (Å²) in [6, 6.07) is 12.2. The summed E-state index contributed by atoms with van der Waals surface area (Å²) in [5.74, 6) is 1.43. The topological polar surface area (TPSA) is 15.3 Å². The third kappa shape index (κ3) is 4.07. The molecule has 20 heavy (non-hydrogen) atoms. The molecule has 1 aromatic rings. The molecule has 0 saturated carbocycles. The van der Waals surface area contributed by atoms with Crippen molar-refractivity contribution in [2.45, 2.75) is 52.1 Å². The first kappa shape index (κ1) is 15.5. The Morgan fingerprint density at radius 3 is 2.50 bits per heavy atom. The number of likely N-dealkylation sites (tertiary alicyclic amines) is 1. The highest BCUT2D eigenvalue weighted by Crippen LogP contribution is 2.29. The molecule has 3 atom stereocenters. The molecule has 0 bridgehead atoms. The van der Waals surface area contributed by atoms with Gasteiger partial charge in [-0.15, -0.1) is 0 Å². The van der Waals surface area contributed by atoms with Crippen LogP contribution in [0, 0.1) is 5.92 Å². The van der Waals surface area contributed by atoms with Crippen LogP contribution in [0.4, 0.5) is 0 Å². The molecule has 2 nitrogen and oxygen atoms in total. The molecule has 0 radical (unpaired) electrons. The maximum Gasteiger partial charge on any atom is 0.0105 e. The van der Waals surface area contributed by atoms with Crippen LogP contribution in [-0.2, 0) is 0 Å². The van der Waals surface area contributed by atoms with Crippen LogP contribution in [0.1, 0.15) is 45.6 Å². The number of benzene rings is 1. The Morgan fingerprint density at radius 1 is 1.15 bits per heavy atom. The number of hydrogen-bond donors (Lipinski definition) is 1. The second-order valence-corrected chi connectivity index (χ2v) is 6.67. The summed E-state index contributed by atoms with van der Waals surface area (Å²) >= 11 is 0. The molecule has 1 fully saturated rings. The van der Waals surface area contributed by atoms with Gasteiger partial charge < -0.3 is 5.32 Å². The third-order valence-corrected chi connectivity index (χ3v) is 4.74. The van der Waals surface area contributed by atoms with Gasteiger partial charge in [-0.2, -0.15) is 0 Å². The molecule has 1 saturated heterocycles. The lowest BCUT2D eigenvalue weighted by Crippen LogP contribution is -2.41. The second kappa shape index (κ2) is 7.24. The molecular formula is C18H30N2. The zero-order valence-corrected chi connectivity index (χ0v) is 13.5. The maximum atomic E-state index is 3.57. The Balaban J connectivity index is 1.85. The fourth-order valence-electron chi connectivity index (χ4n) is 3.11. The van der Waals surface area contributed by atoms with E-state index in [-0.39, 0.29) is 0 Å². The minimum Gasteiger partial charge on any atom is -0.314 e. The van der Waals surface area contributed by atoms with E-state index in [9.17, 15) is 0 Å². The van der Waals surface area contributed by atoms with Crippen LogP contribution in [0.2, 0.25) is 0 Å². The van der Waals surface area contributed by atoms with Gasteiger partial charge in [0, 0.05) is 18.6 Å². The molecule has 2 heteroatoms. The Bertz CT molecular complexity index is 388. The maximum absolute atomic E-state index is 3.57. The van der Waals surface area contributed by atoms with E-state index < -0.39 is 0 Å². The van der Waals surface area contributed by atoms with Crippen molar-refractivity contribution in [2.75, 3.05) is 19.6 Å². The van der Waals surface area contributed by atoms with Crippen molar-refractivity contribution in [3.05, 3.63) is 35.9 Å². The van der Waals surface area contributed by atoms with Crippen molar-refractivity contribution in [1.82, 2.24) is 10.2 Å². The Hall–Kier alpha value is -0.860. The minimum absolute atomic E-state index is 0.584. The monoisotopic (exact) mass is 274 g/mol. The van der Waals surface area contributed by atoms with E-state index in [2.05, 4.69) is 68.2 Å². The average molecular weight is 274 g/mol. The van der Waals surface area contributed by atoms with Crippen molar-refractivity contribution in [3.8, 4) is 0 Å². The Labute approximate surface area is 124 Å². The average Bonchev–Trinajstić information content (AvgIpc) is 2.94. The lowest BCUT2D eigenvalue weighted by Gasteiger charge is -2.30. The first-order valence-electron chi connectivity index (χ1n) is 8.10. The quantitative estimate of drug-likeness (QED) is 0.854. The molecule has 0 spiro atoms. The van der Waals surface area contributed by atoms with Gasteiger partial charge in [-0.3, -0.25) is 4.90 Å². The molecule has 0 amide bonds. The fourth-order valence-corrected chi connectivity index (χ4v) is 3.11. The Kier molecular flexibility index (Phi) is 5.62. The standard InChI is InChI=1S/C18H30N2/c1-14(2)19-12-15(3)16(4)20-11-10-18(13-20)17-8-6-5-7-9-17/h5-9,14-16,18-19H,10-13H2,1-4H3. The highest BCUT2D eigenvalue weighted by atomic mass is 15.2. The molecule has 1 aliphatic heterocycles. The minimum atomic E-state index is 0.584. The lowest BCUT2D eigenvalue weighted by molar-refractivity contribution is 0.191. The van der Waals surface area contributed by atoms with Crippen LogP contribution in [0.3, 0.4) is 0 Å². The van der Waals surface area contributed by atoms with E-state index >= 15 is 0 Å². The summed E-state index contributed by atoms with van der Waals surface area (Å²) in [6.07, 6.45) is 1.30. The Morgan fingerprint density at radius 2 is 1.85 bits per heavy atom. The SMILES string of the molecule is CC(C)NCC(C)C(C)N1CCC(c2ccccc2)C1. The number of rotatable bonds is 6. The third-order valence-electron chi connectivity index (χ3n) is 4.74. The normalized spacial score (nSPS) is 23.1. The number of hydrogen-bond acceptors (Lipinski definition) is 2. The molecular weight excluding hydrogens is 244 g/mol. The van der Waals surface area contributed by atoms with Crippen molar-refractivity contribution in [1.29, 1.82) is 0 Å². The first-order valence-corrected chi connectivity index (χ1v) is 8.10. The van der Waals surface area contributed by atoms with E-state index in [0.29, 0.717) is 18.0 Å². The van der Waals surface area contributed by atoms with Gasteiger partial charge in [-0.1, -0.05) is 51.1 Å². The molecule has 112 valence electrons. The van der Waals surface area contributed by atoms with E-state index in [4.69, 9.17) is 0 Å². The molecule has 1 N–H and O–H groups in total. The summed E-state index contributed by atoms with van der Waals surface area (Å²) in [5, 5.41) is 3.57. The van der Waals surface area contributed by atoms with Crippen LogP contribution in [-0.4, -0.2) is 36.6 Å². The highest BCUT2D eigenvalue weighted by Gasteiger charge is 2.29. The van der Waals surface area contributed by atoms with Gasteiger partial charge >= 0.3 is 0 Å². The summed E-state index contributed by atoms with van der Waals surface area (Å²) in [4.78, 5) is 2.67. The molecule has 1 aliphatic rings.